The van der Waals surface area contributed by atoms with Gasteiger partial charge in [0.2, 0.25) is 5.79 Å². The van der Waals surface area contributed by atoms with Crippen LogP contribution in [-0.2, 0) is 28.5 Å². The smallest absolute Gasteiger partial charge is 0.213 e. The predicted octanol–water partition coefficient (Wildman–Crippen LogP) is 4.07. The highest BCUT2D eigenvalue weighted by Crippen LogP contribution is 2.80. The van der Waals surface area contributed by atoms with Gasteiger partial charge in [-0.05, 0) is 62.0 Å². The average molecular weight is 521 g/mol. The molecule has 8 rings (SSSR count). The number of aliphatic hydroxyl groups is 1. The standard InChI is InChI=1S/C28H37ClO7/c1-14-16-7-8-17-26-13-33-28(27(17,20(14)30)23(16)35-25(4,5)36-28)21(31)19(26)24(2,3)12-15-6-9-18(32-11-10-29)34-22(15)26/h16-19,21,23,31H,1,6-13H2,2-5H3/t16-,17-,18+,19+,21-,23+,26-,27-,28-/m0/s1. The van der Waals surface area contributed by atoms with Crippen molar-refractivity contribution in [1.29, 1.82) is 0 Å². The Labute approximate surface area is 217 Å². The molecule has 0 unspecified atom stereocenters. The van der Waals surface area contributed by atoms with Crippen LogP contribution in [0.2, 0.25) is 0 Å². The quantitative estimate of drug-likeness (QED) is 0.443. The summed E-state index contributed by atoms with van der Waals surface area (Å²) in [5, 5.41) is 12.4. The molecule has 0 aromatic rings. The van der Waals surface area contributed by atoms with Crippen molar-refractivity contribution in [2.24, 2.45) is 34.0 Å². The molecule has 1 N–H and O–H groups in total. The van der Waals surface area contributed by atoms with Gasteiger partial charge in [-0.1, -0.05) is 20.4 Å². The summed E-state index contributed by atoms with van der Waals surface area (Å²) in [6.45, 7) is 13.1. The summed E-state index contributed by atoms with van der Waals surface area (Å²) < 4.78 is 32.6. The van der Waals surface area contributed by atoms with E-state index in [9.17, 15) is 9.90 Å². The molecule has 3 saturated heterocycles. The molecule has 4 bridgehead atoms. The maximum atomic E-state index is 14.3. The Hall–Kier alpha value is -0.960. The summed E-state index contributed by atoms with van der Waals surface area (Å²) in [6, 6.07) is 0. The third-order valence-corrected chi connectivity index (χ3v) is 10.8. The number of ketones is 1. The highest BCUT2D eigenvalue weighted by atomic mass is 35.5. The first kappa shape index (κ1) is 24.1. The second-order valence-electron chi connectivity index (χ2n) is 13.2. The van der Waals surface area contributed by atoms with E-state index in [0.717, 1.165) is 37.9 Å². The Balaban J connectivity index is 1.47. The number of halogens is 1. The third-order valence-electron chi connectivity index (χ3n) is 10.6. The van der Waals surface area contributed by atoms with Gasteiger partial charge >= 0.3 is 0 Å². The molecule has 4 aliphatic carbocycles. The Kier molecular flexibility index (Phi) is 4.79. The monoisotopic (exact) mass is 520 g/mol. The Bertz CT molecular complexity index is 1080. The van der Waals surface area contributed by atoms with E-state index in [1.165, 1.54) is 5.57 Å². The van der Waals surface area contributed by atoms with Gasteiger partial charge in [-0.2, -0.15) is 0 Å². The number of carbonyl (C=O) groups excluding carboxylic acids is 1. The summed E-state index contributed by atoms with van der Waals surface area (Å²) in [4.78, 5) is 14.3. The largest absolute Gasteiger partial charge is 0.469 e. The van der Waals surface area contributed by atoms with E-state index in [-0.39, 0.29) is 29.0 Å². The summed E-state index contributed by atoms with van der Waals surface area (Å²) in [7, 11) is 0. The summed E-state index contributed by atoms with van der Waals surface area (Å²) in [6.07, 6.45) is 2.17. The molecule has 4 aliphatic heterocycles. The molecule has 4 heterocycles. The minimum Gasteiger partial charge on any atom is -0.469 e. The minimum absolute atomic E-state index is 0.0663. The van der Waals surface area contributed by atoms with Gasteiger partial charge in [-0.3, -0.25) is 4.79 Å². The fraction of sp³-hybridized carbons (Fsp3) is 0.821. The molecule has 8 heteroatoms. The Morgan fingerprint density at radius 1 is 1.19 bits per heavy atom. The fourth-order valence-corrected chi connectivity index (χ4v) is 10.0. The maximum Gasteiger partial charge on any atom is 0.213 e. The fourth-order valence-electron chi connectivity index (χ4n) is 9.94. The predicted molar refractivity (Wildman–Crippen MR) is 130 cm³/mol. The second-order valence-corrected chi connectivity index (χ2v) is 13.5. The highest BCUT2D eigenvalue weighted by molar-refractivity contribution is 6.17. The SMILES string of the molecule is C=C1C(=O)[C@@]23[C@@H]4OC(C)(C)O[C@]25OC[C@]2(C6=C(CC[C@H](OCCCl)O6)CC(C)(C)[C@H]2[C@@H]5O)[C@@H]3CC[C@@H]14. The van der Waals surface area contributed by atoms with Gasteiger partial charge in [-0.25, -0.2) is 0 Å². The lowest BCUT2D eigenvalue weighted by Crippen LogP contribution is -2.87. The molecule has 0 aromatic carbocycles. The summed E-state index contributed by atoms with van der Waals surface area (Å²) in [5.41, 5.74) is -0.254. The molecular formula is C28H37ClO7. The third kappa shape index (κ3) is 2.48. The van der Waals surface area contributed by atoms with Crippen molar-refractivity contribution in [3.05, 3.63) is 23.5 Å². The van der Waals surface area contributed by atoms with E-state index in [1.807, 2.05) is 13.8 Å². The van der Waals surface area contributed by atoms with Crippen LogP contribution in [0.3, 0.4) is 0 Å². The van der Waals surface area contributed by atoms with Crippen LogP contribution >= 0.6 is 11.6 Å². The zero-order valence-electron chi connectivity index (χ0n) is 21.6. The van der Waals surface area contributed by atoms with Gasteiger partial charge in [0.25, 0.3) is 0 Å². The van der Waals surface area contributed by atoms with Gasteiger partial charge < -0.3 is 28.8 Å². The van der Waals surface area contributed by atoms with Crippen molar-refractivity contribution < 1.29 is 33.6 Å². The number of allylic oxidation sites excluding steroid dienone is 1. The van der Waals surface area contributed by atoms with Gasteiger partial charge in [-0.15, -0.1) is 11.6 Å². The van der Waals surface area contributed by atoms with Gasteiger partial charge in [0.1, 0.15) is 17.3 Å². The van der Waals surface area contributed by atoms with Crippen LogP contribution in [0.25, 0.3) is 0 Å². The van der Waals surface area contributed by atoms with Crippen molar-refractivity contribution >= 4 is 17.4 Å². The molecule has 6 fully saturated rings. The van der Waals surface area contributed by atoms with Crippen LogP contribution in [0.5, 0.6) is 0 Å². The minimum atomic E-state index is -1.48. The van der Waals surface area contributed by atoms with Crippen LogP contribution < -0.4 is 0 Å². The number of aliphatic hydroxyl groups excluding tert-OH is 1. The number of rotatable bonds is 3. The van der Waals surface area contributed by atoms with Crippen molar-refractivity contribution in [3.8, 4) is 0 Å². The number of Topliss-reactive ketones (excluding diaryl/α,β-unsaturated/α-hetero) is 1. The molecular weight excluding hydrogens is 484 g/mol. The molecule has 8 aliphatic rings. The zero-order valence-corrected chi connectivity index (χ0v) is 22.4. The molecule has 3 spiro atoms. The normalized spacial score (nSPS) is 51.4. The van der Waals surface area contributed by atoms with Crippen LogP contribution in [0.15, 0.2) is 23.5 Å². The molecule has 0 amide bonds. The second kappa shape index (κ2) is 7.16. The average Bonchev–Trinajstić information content (AvgIpc) is 2.93. The highest BCUT2D eigenvalue weighted by Gasteiger charge is 2.90. The Morgan fingerprint density at radius 2 is 1.97 bits per heavy atom. The number of carbonyl (C=O) groups is 1. The molecule has 0 aromatic heterocycles. The lowest BCUT2D eigenvalue weighted by molar-refractivity contribution is -0.527. The summed E-state index contributed by atoms with van der Waals surface area (Å²) >= 11 is 5.91. The molecule has 36 heavy (non-hydrogen) atoms. The number of hydrogen-bond acceptors (Lipinski definition) is 7. The molecule has 3 saturated carbocycles. The molecule has 7 nitrogen and oxygen atoms in total. The summed E-state index contributed by atoms with van der Waals surface area (Å²) in [5.74, 6) is -1.77. The zero-order chi connectivity index (χ0) is 25.5. The van der Waals surface area contributed by atoms with Crippen LogP contribution in [0.1, 0.15) is 59.8 Å². The van der Waals surface area contributed by atoms with Crippen LogP contribution in [-0.4, -0.2) is 60.1 Å². The van der Waals surface area contributed by atoms with E-state index in [2.05, 4.69) is 20.4 Å². The first-order valence-electron chi connectivity index (χ1n) is 13.5. The van der Waals surface area contributed by atoms with E-state index >= 15 is 0 Å². The molecule has 0 radical (unpaired) electrons. The van der Waals surface area contributed by atoms with Crippen molar-refractivity contribution in [2.75, 3.05) is 19.1 Å². The van der Waals surface area contributed by atoms with Gasteiger partial charge in [0.15, 0.2) is 17.9 Å². The number of hydrogen-bond donors (Lipinski definition) is 1. The maximum absolute atomic E-state index is 14.3. The molecule has 198 valence electrons. The van der Waals surface area contributed by atoms with E-state index in [1.54, 1.807) is 0 Å². The number of fused-ring (bicyclic) bond motifs is 1. The number of alkyl halides is 1. The lowest BCUT2D eigenvalue weighted by Gasteiger charge is -2.77. The van der Waals surface area contributed by atoms with Crippen molar-refractivity contribution in [2.45, 2.75) is 89.9 Å². The van der Waals surface area contributed by atoms with Crippen molar-refractivity contribution in [3.63, 3.8) is 0 Å². The van der Waals surface area contributed by atoms with Gasteiger partial charge in [0.05, 0.1) is 24.7 Å². The van der Waals surface area contributed by atoms with E-state index in [0.29, 0.717) is 24.7 Å². The van der Waals surface area contributed by atoms with Crippen LogP contribution in [0.4, 0.5) is 0 Å². The first-order valence-corrected chi connectivity index (χ1v) is 14.0. The van der Waals surface area contributed by atoms with E-state index < -0.39 is 40.9 Å². The first-order chi connectivity index (χ1) is 17.0. The lowest BCUT2D eigenvalue weighted by atomic mass is 9.36. The number of ether oxygens (including phenoxy) is 5. The molecule has 9 atom stereocenters. The van der Waals surface area contributed by atoms with Crippen molar-refractivity contribution in [1.82, 2.24) is 0 Å². The van der Waals surface area contributed by atoms with Gasteiger partial charge in [0, 0.05) is 24.1 Å². The Morgan fingerprint density at radius 3 is 2.72 bits per heavy atom. The van der Waals surface area contributed by atoms with Crippen LogP contribution in [0, 0.1) is 34.0 Å². The van der Waals surface area contributed by atoms with E-state index in [4.69, 9.17) is 35.3 Å². The topological polar surface area (TPSA) is 83.5 Å².